The number of furan rings is 1. The Hall–Kier alpha value is -1.36. The van der Waals surface area contributed by atoms with E-state index in [2.05, 4.69) is 0 Å². The highest BCUT2D eigenvalue weighted by molar-refractivity contribution is 8.26. The number of hydrogen-bond donors (Lipinski definition) is 1. The standard InChI is InChI=1S/C16H11Cl2NO5S3/c17-11-3-1-9(7-12(11)18)13-4-2-10(24-13)8-14-15(20)19(16(25)26-14)5-6-27(21,22)23/h1-4,7-8H,5-6H2,(H,21,22,23). The number of benzene rings is 1. The lowest BCUT2D eigenvalue weighted by Gasteiger charge is -2.12. The summed E-state index contributed by atoms with van der Waals surface area (Å²) < 4.78 is 36.5. The van der Waals surface area contributed by atoms with Crippen molar-refractivity contribution in [2.75, 3.05) is 12.3 Å². The van der Waals surface area contributed by atoms with Crippen LogP contribution >= 0.6 is 47.2 Å². The van der Waals surface area contributed by atoms with Gasteiger partial charge < -0.3 is 4.42 Å². The maximum absolute atomic E-state index is 12.4. The van der Waals surface area contributed by atoms with E-state index in [0.717, 1.165) is 22.2 Å². The third-order valence-corrected chi connectivity index (χ3v) is 6.37. The van der Waals surface area contributed by atoms with Crippen molar-refractivity contribution in [3.8, 4) is 11.3 Å². The maximum Gasteiger partial charge on any atom is 0.266 e. The summed E-state index contributed by atoms with van der Waals surface area (Å²) in [6.45, 7) is -0.215. The first kappa shape index (κ1) is 20.4. The van der Waals surface area contributed by atoms with E-state index in [4.69, 9.17) is 44.4 Å². The van der Waals surface area contributed by atoms with Crippen LogP contribution < -0.4 is 0 Å². The molecule has 6 nitrogen and oxygen atoms in total. The molecule has 1 N–H and O–H groups in total. The third-order valence-electron chi connectivity index (χ3n) is 3.55. The second kappa shape index (κ2) is 7.94. The van der Waals surface area contributed by atoms with Gasteiger partial charge in [0.1, 0.15) is 15.8 Å². The Kier molecular flexibility index (Phi) is 5.99. The van der Waals surface area contributed by atoms with E-state index >= 15 is 0 Å². The lowest BCUT2D eigenvalue weighted by Crippen LogP contribution is -2.32. The van der Waals surface area contributed by atoms with Crippen LogP contribution in [0.1, 0.15) is 5.76 Å². The largest absolute Gasteiger partial charge is 0.457 e. The molecule has 0 bridgehead atoms. The van der Waals surface area contributed by atoms with E-state index in [9.17, 15) is 13.2 Å². The first-order valence-electron chi connectivity index (χ1n) is 7.40. The van der Waals surface area contributed by atoms with E-state index in [1.807, 2.05) is 0 Å². The van der Waals surface area contributed by atoms with Crippen LogP contribution in [0.4, 0.5) is 0 Å². The van der Waals surface area contributed by atoms with Crippen molar-refractivity contribution >= 4 is 73.6 Å². The average molecular weight is 464 g/mol. The molecule has 1 aromatic heterocycles. The van der Waals surface area contributed by atoms with Gasteiger partial charge in [-0.3, -0.25) is 14.2 Å². The van der Waals surface area contributed by atoms with Gasteiger partial charge >= 0.3 is 0 Å². The first-order valence-corrected chi connectivity index (χ1v) is 11.0. The Balaban J connectivity index is 1.79. The van der Waals surface area contributed by atoms with Gasteiger partial charge in [-0.05, 0) is 30.3 Å². The van der Waals surface area contributed by atoms with Crippen molar-refractivity contribution < 1.29 is 22.2 Å². The minimum atomic E-state index is -4.19. The fraction of sp³-hybridized carbons (Fsp3) is 0.125. The zero-order valence-electron chi connectivity index (χ0n) is 13.4. The number of amides is 1. The molecule has 11 heteroatoms. The van der Waals surface area contributed by atoms with E-state index < -0.39 is 21.8 Å². The predicted molar refractivity (Wildman–Crippen MR) is 110 cm³/mol. The third kappa shape index (κ3) is 4.92. The number of halogens is 2. The van der Waals surface area contributed by atoms with Crippen LogP contribution in [0, 0.1) is 0 Å². The molecular weight excluding hydrogens is 453 g/mol. The summed E-state index contributed by atoms with van der Waals surface area (Å²) in [6, 6.07) is 8.49. The number of carbonyl (C=O) groups excluding carboxylic acids is 1. The summed E-state index contributed by atoms with van der Waals surface area (Å²) in [5.41, 5.74) is 0.727. The lowest BCUT2D eigenvalue weighted by molar-refractivity contribution is -0.121. The molecule has 1 fully saturated rings. The van der Waals surface area contributed by atoms with E-state index in [1.54, 1.807) is 30.3 Å². The normalized spacial score (nSPS) is 16.6. The number of thiocarbonyl (C=S) groups is 1. The monoisotopic (exact) mass is 463 g/mol. The highest BCUT2D eigenvalue weighted by Crippen LogP contribution is 2.34. The van der Waals surface area contributed by atoms with Crippen LogP contribution in [-0.4, -0.2) is 40.4 Å². The minimum Gasteiger partial charge on any atom is -0.457 e. The molecule has 27 heavy (non-hydrogen) atoms. The predicted octanol–water partition coefficient (Wildman–Crippen LogP) is 4.34. The van der Waals surface area contributed by atoms with Gasteiger partial charge in [0.05, 0.1) is 20.7 Å². The van der Waals surface area contributed by atoms with E-state index in [-0.39, 0.29) is 10.9 Å². The number of nitrogens with zero attached hydrogens (tertiary/aromatic N) is 1. The molecule has 0 radical (unpaired) electrons. The first-order chi connectivity index (χ1) is 12.6. The Bertz CT molecular complexity index is 1060. The highest BCUT2D eigenvalue weighted by atomic mass is 35.5. The van der Waals surface area contributed by atoms with Crippen LogP contribution in [0.2, 0.25) is 10.0 Å². The molecule has 0 aliphatic carbocycles. The zero-order chi connectivity index (χ0) is 19.8. The van der Waals surface area contributed by atoms with Crippen LogP contribution in [0.3, 0.4) is 0 Å². The smallest absolute Gasteiger partial charge is 0.266 e. The summed E-state index contributed by atoms with van der Waals surface area (Å²) in [4.78, 5) is 13.8. The van der Waals surface area contributed by atoms with Crippen LogP contribution in [0.15, 0.2) is 39.7 Å². The molecule has 1 amide bonds. The quantitative estimate of drug-likeness (QED) is 0.400. The van der Waals surface area contributed by atoms with Crippen molar-refractivity contribution in [3.05, 3.63) is 51.0 Å². The van der Waals surface area contributed by atoms with Gasteiger partial charge in [0, 0.05) is 18.2 Å². The molecule has 0 saturated carbocycles. The Labute approximate surface area is 174 Å². The minimum absolute atomic E-state index is 0.214. The second-order valence-electron chi connectivity index (χ2n) is 5.45. The summed E-state index contributed by atoms with van der Waals surface area (Å²) in [5.74, 6) is -0.0660. The molecule has 0 spiro atoms. The number of carbonyl (C=O) groups is 1. The second-order valence-corrected chi connectivity index (χ2v) is 9.51. The molecule has 2 heterocycles. The Morgan fingerprint density at radius 2 is 1.96 bits per heavy atom. The number of thioether (sulfide) groups is 1. The summed E-state index contributed by atoms with van der Waals surface area (Å²) in [7, 11) is -4.19. The van der Waals surface area contributed by atoms with Crippen molar-refractivity contribution in [1.29, 1.82) is 0 Å². The molecule has 0 atom stereocenters. The van der Waals surface area contributed by atoms with Crippen molar-refractivity contribution in [3.63, 3.8) is 0 Å². The SMILES string of the molecule is O=C1C(=Cc2ccc(-c3ccc(Cl)c(Cl)c3)o2)SC(=S)N1CCS(=O)(=O)O. The number of hydrogen-bond acceptors (Lipinski definition) is 6. The molecule has 1 aliphatic rings. The number of rotatable bonds is 5. The van der Waals surface area contributed by atoms with Gasteiger partial charge in [-0.1, -0.05) is 47.2 Å². The highest BCUT2D eigenvalue weighted by Gasteiger charge is 2.32. The molecule has 2 aromatic rings. The lowest BCUT2D eigenvalue weighted by atomic mass is 10.2. The van der Waals surface area contributed by atoms with Gasteiger partial charge in [0.15, 0.2) is 0 Å². The fourth-order valence-corrected chi connectivity index (χ4v) is 4.26. The average Bonchev–Trinajstić information content (AvgIpc) is 3.13. The van der Waals surface area contributed by atoms with Gasteiger partial charge in [-0.25, -0.2) is 0 Å². The molecule has 1 aliphatic heterocycles. The van der Waals surface area contributed by atoms with Gasteiger partial charge in [0.2, 0.25) is 0 Å². The Morgan fingerprint density at radius 1 is 1.22 bits per heavy atom. The molecule has 1 saturated heterocycles. The van der Waals surface area contributed by atoms with Gasteiger partial charge in [-0.2, -0.15) is 8.42 Å². The molecule has 142 valence electrons. The van der Waals surface area contributed by atoms with Gasteiger partial charge in [0.25, 0.3) is 16.0 Å². The van der Waals surface area contributed by atoms with Crippen LogP contribution in [-0.2, 0) is 14.9 Å². The van der Waals surface area contributed by atoms with Crippen molar-refractivity contribution in [1.82, 2.24) is 4.90 Å². The summed E-state index contributed by atoms with van der Waals surface area (Å²) in [6.07, 6.45) is 1.52. The maximum atomic E-state index is 12.4. The van der Waals surface area contributed by atoms with Crippen molar-refractivity contribution in [2.45, 2.75) is 0 Å². The van der Waals surface area contributed by atoms with Crippen molar-refractivity contribution in [2.24, 2.45) is 0 Å². The molecule has 3 rings (SSSR count). The summed E-state index contributed by atoms with van der Waals surface area (Å²) in [5, 5.41) is 0.826. The van der Waals surface area contributed by atoms with Gasteiger partial charge in [-0.15, -0.1) is 0 Å². The van der Waals surface area contributed by atoms with Crippen LogP contribution in [0.25, 0.3) is 17.4 Å². The Morgan fingerprint density at radius 3 is 2.63 bits per heavy atom. The molecular formula is C16H11Cl2NO5S3. The van der Waals surface area contributed by atoms with E-state index in [1.165, 1.54) is 6.08 Å². The topological polar surface area (TPSA) is 87.8 Å². The summed E-state index contributed by atoms with van der Waals surface area (Å²) >= 11 is 18.0. The van der Waals surface area contributed by atoms with E-state index in [0.29, 0.717) is 26.5 Å². The molecule has 0 unspecified atom stereocenters. The molecule has 1 aromatic carbocycles. The van der Waals surface area contributed by atoms with Crippen LogP contribution in [0.5, 0.6) is 0 Å². The fourth-order valence-electron chi connectivity index (χ4n) is 2.26. The zero-order valence-corrected chi connectivity index (χ0v) is 17.3.